The quantitative estimate of drug-likeness (QED) is 0.644. The number of fused-ring (bicyclic) bond motifs is 1. The Morgan fingerprint density at radius 1 is 1.28 bits per heavy atom. The number of halogens is 2. The predicted octanol–water partition coefficient (Wildman–Crippen LogP) is 5.46. The molecule has 0 aliphatic heterocycles. The Kier molecular flexibility index (Phi) is 3.47. The molecule has 0 fully saturated rings. The van der Waals surface area contributed by atoms with Gasteiger partial charge in [0.15, 0.2) is 0 Å². The van der Waals surface area contributed by atoms with Gasteiger partial charge in [-0.2, -0.15) is 0 Å². The third kappa shape index (κ3) is 2.12. The SMILES string of the molecule is OC(c1cc(Br)c(Cl)s1)c1csc2ccccc12. The second-order valence-corrected chi connectivity index (χ2v) is 7.31. The maximum atomic E-state index is 10.5. The van der Waals surface area contributed by atoms with Gasteiger partial charge in [0.2, 0.25) is 0 Å². The van der Waals surface area contributed by atoms with Gasteiger partial charge in [0.05, 0.1) is 0 Å². The maximum absolute atomic E-state index is 10.5. The molecule has 1 unspecified atom stereocenters. The van der Waals surface area contributed by atoms with E-state index in [1.807, 2.05) is 29.6 Å². The van der Waals surface area contributed by atoms with Gasteiger partial charge in [0, 0.05) is 19.6 Å². The van der Waals surface area contributed by atoms with E-state index in [0.29, 0.717) is 4.34 Å². The fourth-order valence-electron chi connectivity index (χ4n) is 1.86. The van der Waals surface area contributed by atoms with E-state index in [1.165, 1.54) is 16.0 Å². The van der Waals surface area contributed by atoms with E-state index in [4.69, 9.17) is 11.6 Å². The van der Waals surface area contributed by atoms with Gasteiger partial charge in [0.25, 0.3) is 0 Å². The van der Waals surface area contributed by atoms with Crippen LogP contribution in [0.1, 0.15) is 16.5 Å². The van der Waals surface area contributed by atoms with Gasteiger partial charge in [-0.15, -0.1) is 22.7 Å². The van der Waals surface area contributed by atoms with E-state index < -0.39 is 6.10 Å². The highest BCUT2D eigenvalue weighted by molar-refractivity contribution is 9.10. The molecule has 0 bridgehead atoms. The number of rotatable bonds is 2. The first-order chi connectivity index (χ1) is 8.66. The van der Waals surface area contributed by atoms with Crippen LogP contribution in [0.4, 0.5) is 0 Å². The highest BCUT2D eigenvalue weighted by atomic mass is 79.9. The number of hydrogen-bond acceptors (Lipinski definition) is 3. The molecule has 2 aromatic heterocycles. The van der Waals surface area contributed by atoms with E-state index in [-0.39, 0.29) is 0 Å². The van der Waals surface area contributed by atoms with E-state index in [0.717, 1.165) is 20.3 Å². The van der Waals surface area contributed by atoms with Crippen LogP contribution in [0.2, 0.25) is 4.34 Å². The van der Waals surface area contributed by atoms with Crippen molar-refractivity contribution in [3.63, 3.8) is 0 Å². The molecule has 0 spiro atoms. The summed E-state index contributed by atoms with van der Waals surface area (Å²) in [5.41, 5.74) is 0.945. The van der Waals surface area contributed by atoms with Crippen molar-refractivity contribution in [3.05, 3.63) is 55.0 Å². The second kappa shape index (κ2) is 4.94. The minimum atomic E-state index is -0.616. The van der Waals surface area contributed by atoms with Gasteiger partial charge in [-0.3, -0.25) is 0 Å². The molecule has 2 heterocycles. The fourth-order valence-corrected chi connectivity index (χ4v) is 4.58. The molecular weight excluding hydrogens is 352 g/mol. The Labute approximate surface area is 126 Å². The first-order valence-corrected chi connectivity index (χ1v) is 8.12. The molecule has 18 heavy (non-hydrogen) atoms. The molecule has 0 aliphatic carbocycles. The average molecular weight is 360 g/mol. The van der Waals surface area contributed by atoms with Crippen LogP contribution in [0, 0.1) is 0 Å². The molecule has 1 atom stereocenters. The summed E-state index contributed by atoms with van der Waals surface area (Å²) in [7, 11) is 0. The van der Waals surface area contributed by atoms with Crippen LogP contribution >= 0.6 is 50.2 Å². The zero-order valence-electron chi connectivity index (χ0n) is 9.06. The van der Waals surface area contributed by atoms with Crippen molar-refractivity contribution in [1.82, 2.24) is 0 Å². The Bertz CT molecular complexity index is 684. The largest absolute Gasteiger partial charge is 0.383 e. The van der Waals surface area contributed by atoms with Crippen molar-refractivity contribution in [1.29, 1.82) is 0 Å². The first kappa shape index (κ1) is 12.6. The molecule has 0 saturated heterocycles. The monoisotopic (exact) mass is 358 g/mol. The normalized spacial score (nSPS) is 13.1. The Morgan fingerprint density at radius 3 is 2.78 bits per heavy atom. The zero-order chi connectivity index (χ0) is 12.7. The summed E-state index contributed by atoms with van der Waals surface area (Å²) < 4.78 is 2.69. The topological polar surface area (TPSA) is 20.2 Å². The highest BCUT2D eigenvalue weighted by Crippen LogP contribution is 2.40. The summed E-state index contributed by atoms with van der Waals surface area (Å²) in [6.45, 7) is 0. The van der Waals surface area contributed by atoms with Crippen LogP contribution in [-0.4, -0.2) is 5.11 Å². The van der Waals surface area contributed by atoms with Gasteiger partial charge in [-0.1, -0.05) is 29.8 Å². The average Bonchev–Trinajstić information content (AvgIpc) is 2.93. The van der Waals surface area contributed by atoms with Crippen LogP contribution in [0.5, 0.6) is 0 Å². The molecule has 0 radical (unpaired) electrons. The Balaban J connectivity index is 2.09. The van der Waals surface area contributed by atoms with Gasteiger partial charge >= 0.3 is 0 Å². The third-order valence-corrected chi connectivity index (χ3v) is 6.25. The van der Waals surface area contributed by atoms with E-state index >= 15 is 0 Å². The number of benzene rings is 1. The van der Waals surface area contributed by atoms with Crippen molar-refractivity contribution in [2.45, 2.75) is 6.10 Å². The molecule has 0 saturated carbocycles. The summed E-state index contributed by atoms with van der Waals surface area (Å²) in [6.07, 6.45) is -0.616. The van der Waals surface area contributed by atoms with Crippen molar-refractivity contribution < 1.29 is 5.11 Å². The van der Waals surface area contributed by atoms with Gasteiger partial charge < -0.3 is 5.11 Å². The lowest BCUT2D eigenvalue weighted by molar-refractivity contribution is 0.226. The summed E-state index contributed by atoms with van der Waals surface area (Å²) in [5.74, 6) is 0. The number of thiophene rings is 2. The zero-order valence-corrected chi connectivity index (χ0v) is 13.0. The van der Waals surface area contributed by atoms with E-state index in [2.05, 4.69) is 22.0 Å². The number of aliphatic hydroxyl groups is 1. The minimum Gasteiger partial charge on any atom is -0.383 e. The van der Waals surface area contributed by atoms with Crippen molar-refractivity contribution in [3.8, 4) is 0 Å². The van der Waals surface area contributed by atoms with Crippen LogP contribution in [0.15, 0.2) is 40.2 Å². The second-order valence-electron chi connectivity index (χ2n) is 3.86. The summed E-state index contributed by atoms with van der Waals surface area (Å²) in [6, 6.07) is 9.97. The molecule has 3 aromatic rings. The molecule has 0 aliphatic rings. The van der Waals surface area contributed by atoms with Crippen molar-refractivity contribution >= 4 is 60.3 Å². The fraction of sp³-hybridized carbons (Fsp3) is 0.0769. The number of aliphatic hydroxyl groups excluding tert-OH is 1. The van der Waals surface area contributed by atoms with Crippen LogP contribution in [-0.2, 0) is 0 Å². The van der Waals surface area contributed by atoms with Gasteiger partial charge in [-0.25, -0.2) is 0 Å². The molecule has 3 rings (SSSR count). The molecule has 0 amide bonds. The lowest BCUT2D eigenvalue weighted by atomic mass is 10.1. The van der Waals surface area contributed by atoms with E-state index in [9.17, 15) is 5.11 Å². The molecular formula is C13H8BrClOS2. The molecule has 1 aromatic carbocycles. The van der Waals surface area contributed by atoms with Crippen molar-refractivity contribution in [2.24, 2.45) is 0 Å². The number of hydrogen-bond donors (Lipinski definition) is 1. The van der Waals surface area contributed by atoms with Crippen LogP contribution < -0.4 is 0 Å². The summed E-state index contributed by atoms with van der Waals surface area (Å²) in [5, 5.41) is 13.6. The molecule has 1 nitrogen and oxygen atoms in total. The summed E-state index contributed by atoms with van der Waals surface area (Å²) >= 11 is 12.4. The van der Waals surface area contributed by atoms with Crippen LogP contribution in [0.3, 0.4) is 0 Å². The highest BCUT2D eigenvalue weighted by Gasteiger charge is 2.18. The summed E-state index contributed by atoms with van der Waals surface area (Å²) in [4.78, 5) is 0.857. The standard InChI is InChI=1S/C13H8BrClOS2/c14-9-5-11(18-13(9)15)12(16)8-6-17-10-4-2-1-3-7(8)10/h1-6,12,16H. The van der Waals surface area contributed by atoms with Gasteiger partial charge in [0.1, 0.15) is 10.4 Å². The smallest absolute Gasteiger partial charge is 0.115 e. The molecule has 5 heteroatoms. The van der Waals surface area contributed by atoms with Gasteiger partial charge in [-0.05, 0) is 38.8 Å². The maximum Gasteiger partial charge on any atom is 0.115 e. The van der Waals surface area contributed by atoms with Crippen molar-refractivity contribution in [2.75, 3.05) is 0 Å². The third-order valence-electron chi connectivity index (χ3n) is 2.74. The molecule has 1 N–H and O–H groups in total. The van der Waals surface area contributed by atoms with Crippen LogP contribution in [0.25, 0.3) is 10.1 Å². The first-order valence-electron chi connectivity index (χ1n) is 5.25. The molecule has 92 valence electrons. The minimum absolute atomic E-state index is 0.616. The lowest BCUT2D eigenvalue weighted by Crippen LogP contribution is -1.95. The lowest BCUT2D eigenvalue weighted by Gasteiger charge is -2.07. The Morgan fingerprint density at radius 2 is 2.06 bits per heavy atom. The van der Waals surface area contributed by atoms with E-state index in [1.54, 1.807) is 11.3 Å². The Hall–Kier alpha value is -0.390. The predicted molar refractivity (Wildman–Crippen MR) is 82.9 cm³/mol.